The largest absolute Gasteiger partial charge is 0.393 e. The van der Waals surface area contributed by atoms with Crippen molar-refractivity contribution in [3.63, 3.8) is 0 Å². The van der Waals surface area contributed by atoms with Gasteiger partial charge in [-0.25, -0.2) is 0 Å². The second-order valence-corrected chi connectivity index (χ2v) is 3.60. The summed E-state index contributed by atoms with van der Waals surface area (Å²) in [4.78, 5) is 2.37. The molecule has 12 heavy (non-hydrogen) atoms. The molecule has 0 aliphatic carbocycles. The molecule has 1 heterocycles. The van der Waals surface area contributed by atoms with Gasteiger partial charge in [0, 0.05) is 19.1 Å². The zero-order chi connectivity index (χ0) is 8.97. The molecule has 0 aromatic carbocycles. The summed E-state index contributed by atoms with van der Waals surface area (Å²) in [6.45, 7) is 7.67. The van der Waals surface area contributed by atoms with Gasteiger partial charge in [0.05, 0.1) is 19.3 Å². The fourth-order valence-corrected chi connectivity index (χ4v) is 1.45. The second-order valence-electron chi connectivity index (χ2n) is 3.60. The highest BCUT2D eigenvalue weighted by atomic mass is 16.5. The summed E-state index contributed by atoms with van der Waals surface area (Å²) >= 11 is 0. The monoisotopic (exact) mass is 173 g/mol. The molecule has 1 saturated heterocycles. The van der Waals surface area contributed by atoms with Crippen molar-refractivity contribution in [2.75, 3.05) is 26.3 Å². The number of morpholine rings is 1. The third kappa shape index (κ3) is 3.09. The lowest BCUT2D eigenvalue weighted by Crippen LogP contribution is -2.44. The summed E-state index contributed by atoms with van der Waals surface area (Å²) in [6, 6.07) is 0.512. The molecule has 1 N–H and O–H groups in total. The minimum atomic E-state index is -0.181. The van der Waals surface area contributed by atoms with Crippen LogP contribution in [0.5, 0.6) is 0 Å². The lowest BCUT2D eigenvalue weighted by Gasteiger charge is -2.33. The van der Waals surface area contributed by atoms with Gasteiger partial charge in [0.2, 0.25) is 0 Å². The molecule has 1 aliphatic rings. The first-order chi connectivity index (χ1) is 5.70. The van der Waals surface area contributed by atoms with Gasteiger partial charge in [-0.1, -0.05) is 0 Å². The normalized spacial score (nSPS) is 28.8. The van der Waals surface area contributed by atoms with Crippen LogP contribution in [-0.4, -0.2) is 48.5 Å². The van der Waals surface area contributed by atoms with Crippen LogP contribution < -0.4 is 0 Å². The highest BCUT2D eigenvalue weighted by Crippen LogP contribution is 2.07. The molecule has 1 fully saturated rings. The van der Waals surface area contributed by atoms with E-state index in [2.05, 4.69) is 11.8 Å². The Morgan fingerprint density at radius 2 is 2.42 bits per heavy atom. The quantitative estimate of drug-likeness (QED) is 0.673. The van der Waals surface area contributed by atoms with Crippen LogP contribution in [-0.2, 0) is 4.74 Å². The first-order valence-electron chi connectivity index (χ1n) is 4.70. The van der Waals surface area contributed by atoms with Crippen LogP contribution in [0.4, 0.5) is 0 Å². The Morgan fingerprint density at radius 1 is 1.67 bits per heavy atom. The van der Waals surface area contributed by atoms with E-state index in [0.717, 1.165) is 32.7 Å². The SMILES string of the molecule is CC(O)CCN1CCOCC1C. The molecule has 1 rings (SSSR count). The topological polar surface area (TPSA) is 32.7 Å². The number of aliphatic hydroxyl groups excluding tert-OH is 1. The lowest BCUT2D eigenvalue weighted by atomic mass is 10.2. The van der Waals surface area contributed by atoms with Gasteiger partial charge in [-0.3, -0.25) is 4.90 Å². The fourth-order valence-electron chi connectivity index (χ4n) is 1.45. The van der Waals surface area contributed by atoms with Crippen LogP contribution in [0.3, 0.4) is 0 Å². The molecule has 0 radical (unpaired) electrons. The summed E-state index contributed by atoms with van der Waals surface area (Å²) < 4.78 is 5.31. The van der Waals surface area contributed by atoms with E-state index in [1.165, 1.54) is 0 Å². The molecule has 72 valence electrons. The number of hydrogen-bond donors (Lipinski definition) is 1. The summed E-state index contributed by atoms with van der Waals surface area (Å²) in [6.07, 6.45) is 0.685. The summed E-state index contributed by atoms with van der Waals surface area (Å²) in [5, 5.41) is 9.11. The van der Waals surface area contributed by atoms with Crippen molar-refractivity contribution in [3.8, 4) is 0 Å². The molecule has 0 amide bonds. The van der Waals surface area contributed by atoms with Crippen molar-refractivity contribution in [1.82, 2.24) is 4.90 Å². The van der Waals surface area contributed by atoms with Gasteiger partial charge >= 0.3 is 0 Å². The van der Waals surface area contributed by atoms with Crippen molar-refractivity contribution in [2.45, 2.75) is 32.4 Å². The van der Waals surface area contributed by atoms with Crippen LogP contribution in [0.25, 0.3) is 0 Å². The Hall–Kier alpha value is -0.120. The third-order valence-electron chi connectivity index (χ3n) is 2.34. The van der Waals surface area contributed by atoms with Gasteiger partial charge in [-0.2, -0.15) is 0 Å². The Bertz CT molecular complexity index is 128. The maximum Gasteiger partial charge on any atom is 0.0619 e. The third-order valence-corrected chi connectivity index (χ3v) is 2.34. The van der Waals surface area contributed by atoms with E-state index in [-0.39, 0.29) is 6.10 Å². The minimum Gasteiger partial charge on any atom is -0.393 e. The zero-order valence-corrected chi connectivity index (χ0v) is 7.99. The standard InChI is InChI=1S/C9H19NO2/c1-8-7-12-6-5-10(8)4-3-9(2)11/h8-9,11H,3-7H2,1-2H3. The maximum absolute atomic E-state index is 9.11. The lowest BCUT2D eigenvalue weighted by molar-refractivity contribution is -0.00542. The van der Waals surface area contributed by atoms with E-state index in [1.807, 2.05) is 6.92 Å². The van der Waals surface area contributed by atoms with Gasteiger partial charge in [-0.05, 0) is 20.3 Å². The van der Waals surface area contributed by atoms with E-state index in [9.17, 15) is 0 Å². The van der Waals surface area contributed by atoms with Crippen LogP contribution in [0.15, 0.2) is 0 Å². The molecule has 1 aliphatic heterocycles. The fraction of sp³-hybridized carbons (Fsp3) is 1.00. The highest BCUT2D eigenvalue weighted by Gasteiger charge is 2.18. The Balaban J connectivity index is 2.20. The van der Waals surface area contributed by atoms with Crippen LogP contribution in [0.1, 0.15) is 20.3 Å². The number of hydrogen-bond acceptors (Lipinski definition) is 3. The van der Waals surface area contributed by atoms with Gasteiger partial charge in [0.15, 0.2) is 0 Å². The molecule has 2 unspecified atom stereocenters. The smallest absolute Gasteiger partial charge is 0.0619 e. The molecule has 3 heteroatoms. The summed E-state index contributed by atoms with van der Waals surface area (Å²) in [5.41, 5.74) is 0. The molecule has 0 saturated carbocycles. The number of aliphatic hydroxyl groups is 1. The summed E-state index contributed by atoms with van der Waals surface area (Å²) in [5.74, 6) is 0. The average molecular weight is 173 g/mol. The molecule has 2 atom stereocenters. The number of nitrogens with zero attached hydrogens (tertiary/aromatic N) is 1. The zero-order valence-electron chi connectivity index (χ0n) is 7.99. The minimum absolute atomic E-state index is 0.181. The molecular formula is C9H19NO2. The van der Waals surface area contributed by atoms with E-state index < -0.39 is 0 Å². The number of ether oxygens (including phenoxy) is 1. The molecule has 0 aromatic heterocycles. The van der Waals surface area contributed by atoms with Crippen molar-refractivity contribution < 1.29 is 9.84 Å². The maximum atomic E-state index is 9.11. The van der Waals surface area contributed by atoms with Crippen LogP contribution in [0, 0.1) is 0 Å². The Kier molecular flexibility index (Phi) is 3.98. The van der Waals surface area contributed by atoms with Gasteiger partial charge in [-0.15, -0.1) is 0 Å². The molecule has 3 nitrogen and oxygen atoms in total. The first kappa shape index (κ1) is 9.96. The Labute approximate surface area is 74.3 Å². The first-order valence-corrected chi connectivity index (χ1v) is 4.70. The molecule has 0 aromatic rings. The molecule has 0 spiro atoms. The predicted octanol–water partition coefficient (Wildman–Crippen LogP) is 0.478. The number of rotatable bonds is 3. The predicted molar refractivity (Wildman–Crippen MR) is 48.2 cm³/mol. The van der Waals surface area contributed by atoms with E-state index in [0.29, 0.717) is 6.04 Å². The van der Waals surface area contributed by atoms with Crippen LogP contribution >= 0.6 is 0 Å². The second kappa shape index (κ2) is 4.80. The Morgan fingerprint density at radius 3 is 3.00 bits per heavy atom. The highest BCUT2D eigenvalue weighted by molar-refractivity contribution is 4.71. The van der Waals surface area contributed by atoms with Gasteiger partial charge in [0.25, 0.3) is 0 Å². The van der Waals surface area contributed by atoms with Crippen molar-refractivity contribution >= 4 is 0 Å². The van der Waals surface area contributed by atoms with Crippen molar-refractivity contribution in [3.05, 3.63) is 0 Å². The van der Waals surface area contributed by atoms with Gasteiger partial charge < -0.3 is 9.84 Å². The van der Waals surface area contributed by atoms with E-state index in [4.69, 9.17) is 9.84 Å². The van der Waals surface area contributed by atoms with E-state index in [1.54, 1.807) is 0 Å². The molecular weight excluding hydrogens is 154 g/mol. The molecule has 0 bridgehead atoms. The van der Waals surface area contributed by atoms with Crippen LogP contribution in [0.2, 0.25) is 0 Å². The van der Waals surface area contributed by atoms with Gasteiger partial charge in [0.1, 0.15) is 0 Å². The summed E-state index contributed by atoms with van der Waals surface area (Å²) in [7, 11) is 0. The average Bonchev–Trinajstić information content (AvgIpc) is 2.03. The van der Waals surface area contributed by atoms with Crippen molar-refractivity contribution in [1.29, 1.82) is 0 Å². The van der Waals surface area contributed by atoms with E-state index >= 15 is 0 Å². The van der Waals surface area contributed by atoms with Crippen molar-refractivity contribution in [2.24, 2.45) is 0 Å².